The SMILES string of the molecule is COc1ccccc1OCCNC(=O)C(c1ccccc1)N1CCS(=O)(=O)CC1. The summed E-state index contributed by atoms with van der Waals surface area (Å²) in [6.07, 6.45) is 0. The van der Waals surface area contributed by atoms with Gasteiger partial charge in [0.1, 0.15) is 12.6 Å². The largest absolute Gasteiger partial charge is 0.493 e. The molecule has 3 rings (SSSR count). The maximum Gasteiger partial charge on any atom is 0.242 e. The highest BCUT2D eigenvalue weighted by Crippen LogP contribution is 2.26. The van der Waals surface area contributed by atoms with Crippen molar-refractivity contribution in [2.45, 2.75) is 6.04 Å². The number of hydrogen-bond acceptors (Lipinski definition) is 6. The second-order valence-electron chi connectivity index (χ2n) is 6.79. The summed E-state index contributed by atoms with van der Waals surface area (Å²) in [6, 6.07) is 16.2. The molecule has 1 atom stereocenters. The number of ether oxygens (including phenoxy) is 2. The van der Waals surface area contributed by atoms with E-state index in [0.29, 0.717) is 37.7 Å². The molecule has 1 unspecified atom stereocenters. The molecule has 7 nitrogen and oxygen atoms in total. The molecule has 0 bridgehead atoms. The summed E-state index contributed by atoms with van der Waals surface area (Å²) in [5, 5.41) is 2.91. The first-order chi connectivity index (χ1) is 14.0. The molecule has 1 aliphatic rings. The Morgan fingerprint density at radius 1 is 1.03 bits per heavy atom. The topological polar surface area (TPSA) is 84.9 Å². The third-order valence-electron chi connectivity index (χ3n) is 4.84. The molecule has 8 heteroatoms. The van der Waals surface area contributed by atoms with Gasteiger partial charge in [-0.25, -0.2) is 8.42 Å². The molecule has 1 saturated heterocycles. The van der Waals surface area contributed by atoms with Gasteiger partial charge in [-0.05, 0) is 17.7 Å². The molecule has 1 N–H and O–H groups in total. The van der Waals surface area contributed by atoms with E-state index < -0.39 is 15.9 Å². The number of nitrogens with one attached hydrogen (secondary N) is 1. The van der Waals surface area contributed by atoms with Gasteiger partial charge < -0.3 is 14.8 Å². The van der Waals surface area contributed by atoms with Gasteiger partial charge in [-0.1, -0.05) is 42.5 Å². The second-order valence-corrected chi connectivity index (χ2v) is 9.09. The van der Waals surface area contributed by atoms with Crippen molar-refractivity contribution in [2.24, 2.45) is 0 Å². The Bertz CT molecular complexity index is 904. The van der Waals surface area contributed by atoms with Crippen molar-refractivity contribution in [1.29, 1.82) is 0 Å². The first kappa shape index (κ1) is 21.1. The lowest BCUT2D eigenvalue weighted by molar-refractivity contribution is -0.126. The van der Waals surface area contributed by atoms with Crippen LogP contribution in [-0.2, 0) is 14.6 Å². The predicted molar refractivity (Wildman–Crippen MR) is 111 cm³/mol. The molecule has 1 aliphatic heterocycles. The summed E-state index contributed by atoms with van der Waals surface area (Å²) in [7, 11) is -1.44. The average Bonchev–Trinajstić information content (AvgIpc) is 2.73. The van der Waals surface area contributed by atoms with E-state index in [1.165, 1.54) is 0 Å². The number of carbonyl (C=O) groups is 1. The average molecular weight is 419 g/mol. The van der Waals surface area contributed by atoms with Crippen LogP contribution in [0.15, 0.2) is 54.6 Å². The van der Waals surface area contributed by atoms with Gasteiger partial charge in [0, 0.05) is 13.1 Å². The van der Waals surface area contributed by atoms with E-state index >= 15 is 0 Å². The van der Waals surface area contributed by atoms with Crippen LogP contribution in [0.3, 0.4) is 0 Å². The highest BCUT2D eigenvalue weighted by Gasteiger charge is 2.32. The van der Waals surface area contributed by atoms with Crippen molar-refractivity contribution < 1.29 is 22.7 Å². The minimum absolute atomic E-state index is 0.0700. The normalized spacial score (nSPS) is 17.3. The fourth-order valence-corrected chi connectivity index (χ4v) is 4.55. The van der Waals surface area contributed by atoms with E-state index in [9.17, 15) is 13.2 Å². The molecule has 0 spiro atoms. The standard InChI is InChI=1S/C21H26N2O5S/c1-27-18-9-5-6-10-19(18)28-14-11-22-21(24)20(17-7-3-2-4-8-17)23-12-15-29(25,26)16-13-23/h2-10,20H,11-16H2,1H3,(H,22,24). The van der Waals surface area contributed by atoms with Crippen LogP contribution < -0.4 is 14.8 Å². The zero-order chi connectivity index (χ0) is 20.7. The van der Waals surface area contributed by atoms with Gasteiger partial charge in [0.25, 0.3) is 0 Å². The zero-order valence-corrected chi connectivity index (χ0v) is 17.2. The molecule has 2 aromatic carbocycles. The number of para-hydroxylation sites is 2. The number of sulfone groups is 1. The predicted octanol–water partition coefficient (Wildman–Crippen LogP) is 1.66. The summed E-state index contributed by atoms with van der Waals surface area (Å²) in [4.78, 5) is 14.9. The lowest BCUT2D eigenvalue weighted by atomic mass is 10.0. The molecule has 2 aromatic rings. The van der Waals surface area contributed by atoms with Crippen molar-refractivity contribution in [3.8, 4) is 11.5 Å². The molecule has 0 saturated carbocycles. The molecule has 0 radical (unpaired) electrons. The number of amides is 1. The first-order valence-corrected chi connectivity index (χ1v) is 11.4. The van der Waals surface area contributed by atoms with Crippen LogP contribution in [-0.4, -0.2) is 64.1 Å². The second kappa shape index (κ2) is 9.76. The van der Waals surface area contributed by atoms with Crippen molar-refractivity contribution in [3.63, 3.8) is 0 Å². The molecule has 1 fully saturated rings. The van der Waals surface area contributed by atoms with Gasteiger partial charge in [-0.15, -0.1) is 0 Å². The molecule has 29 heavy (non-hydrogen) atoms. The zero-order valence-electron chi connectivity index (χ0n) is 16.4. The molecule has 156 valence electrons. The Kier molecular flexibility index (Phi) is 7.11. The number of methoxy groups -OCH3 is 1. The number of nitrogens with zero attached hydrogens (tertiary/aromatic N) is 1. The third kappa shape index (κ3) is 5.71. The lowest BCUT2D eigenvalue weighted by Crippen LogP contribution is -2.48. The van der Waals surface area contributed by atoms with Crippen molar-refractivity contribution >= 4 is 15.7 Å². The Morgan fingerprint density at radius 2 is 1.66 bits per heavy atom. The van der Waals surface area contributed by atoms with Gasteiger partial charge >= 0.3 is 0 Å². The van der Waals surface area contributed by atoms with E-state index in [4.69, 9.17) is 9.47 Å². The minimum atomic E-state index is -3.02. The fourth-order valence-electron chi connectivity index (χ4n) is 3.32. The Hall–Kier alpha value is -2.58. The van der Waals surface area contributed by atoms with Crippen LogP contribution in [0, 0.1) is 0 Å². The van der Waals surface area contributed by atoms with Gasteiger partial charge in [-0.3, -0.25) is 9.69 Å². The summed E-state index contributed by atoms with van der Waals surface area (Å²) >= 11 is 0. The van der Waals surface area contributed by atoms with E-state index in [1.54, 1.807) is 7.11 Å². The summed E-state index contributed by atoms with van der Waals surface area (Å²) in [6.45, 7) is 1.30. The first-order valence-electron chi connectivity index (χ1n) is 9.53. The quantitative estimate of drug-likeness (QED) is 0.657. The Morgan fingerprint density at radius 3 is 2.31 bits per heavy atom. The number of rotatable bonds is 8. The van der Waals surface area contributed by atoms with Crippen molar-refractivity contribution in [2.75, 3.05) is 44.9 Å². The molecule has 1 amide bonds. The molecule has 0 aliphatic carbocycles. The van der Waals surface area contributed by atoms with Gasteiger partial charge in [-0.2, -0.15) is 0 Å². The van der Waals surface area contributed by atoms with Crippen LogP contribution in [0.5, 0.6) is 11.5 Å². The van der Waals surface area contributed by atoms with Crippen molar-refractivity contribution in [1.82, 2.24) is 10.2 Å². The van der Waals surface area contributed by atoms with Crippen LogP contribution in [0.25, 0.3) is 0 Å². The van der Waals surface area contributed by atoms with Crippen LogP contribution in [0.1, 0.15) is 11.6 Å². The van der Waals surface area contributed by atoms with E-state index in [0.717, 1.165) is 5.56 Å². The summed E-state index contributed by atoms with van der Waals surface area (Å²) in [5.41, 5.74) is 0.843. The number of hydrogen-bond donors (Lipinski definition) is 1. The highest BCUT2D eigenvalue weighted by atomic mass is 32.2. The monoisotopic (exact) mass is 418 g/mol. The van der Waals surface area contributed by atoms with Gasteiger partial charge in [0.2, 0.25) is 5.91 Å². The molecular weight excluding hydrogens is 392 g/mol. The molecule has 1 heterocycles. The smallest absolute Gasteiger partial charge is 0.242 e. The highest BCUT2D eigenvalue weighted by molar-refractivity contribution is 7.91. The van der Waals surface area contributed by atoms with E-state index in [1.807, 2.05) is 59.5 Å². The van der Waals surface area contributed by atoms with E-state index in [-0.39, 0.29) is 17.4 Å². The molecule has 0 aromatic heterocycles. The molecular formula is C21H26N2O5S. The number of benzene rings is 2. The Balaban J connectivity index is 1.61. The van der Waals surface area contributed by atoms with Crippen LogP contribution in [0.2, 0.25) is 0 Å². The van der Waals surface area contributed by atoms with Gasteiger partial charge in [0.15, 0.2) is 21.3 Å². The minimum Gasteiger partial charge on any atom is -0.493 e. The summed E-state index contributed by atoms with van der Waals surface area (Å²) < 4.78 is 34.5. The van der Waals surface area contributed by atoms with E-state index in [2.05, 4.69) is 5.32 Å². The van der Waals surface area contributed by atoms with Crippen LogP contribution >= 0.6 is 0 Å². The third-order valence-corrected chi connectivity index (χ3v) is 6.44. The maximum atomic E-state index is 13.0. The van der Waals surface area contributed by atoms with Gasteiger partial charge in [0.05, 0.1) is 25.2 Å². The van der Waals surface area contributed by atoms with Crippen molar-refractivity contribution in [3.05, 3.63) is 60.2 Å². The number of carbonyl (C=O) groups excluding carboxylic acids is 1. The van der Waals surface area contributed by atoms with Crippen LogP contribution in [0.4, 0.5) is 0 Å². The lowest BCUT2D eigenvalue weighted by Gasteiger charge is -2.33. The summed E-state index contributed by atoms with van der Waals surface area (Å²) in [5.74, 6) is 1.22. The Labute approximate surface area is 171 Å². The fraction of sp³-hybridized carbons (Fsp3) is 0.381. The maximum absolute atomic E-state index is 13.0.